The lowest BCUT2D eigenvalue weighted by atomic mass is 9.74. The molecule has 0 rings (SSSR count). The standard InChI is InChI=1S/C31H60O4/c1-24(2)28(30(25(3)4)31(33)35-27(7)8)22-20-18-16-14-12-10-9-11-13-15-17-19-21-23-29(32)34-26(5)6/h24-28,30H,9-23H2,1-8H3. The molecule has 0 aromatic heterocycles. The van der Waals surface area contributed by atoms with Crippen LogP contribution in [-0.2, 0) is 19.1 Å². The molecular formula is C31H60O4. The lowest BCUT2D eigenvalue weighted by Gasteiger charge is -2.32. The van der Waals surface area contributed by atoms with Gasteiger partial charge in [0.2, 0.25) is 0 Å². The van der Waals surface area contributed by atoms with Crippen molar-refractivity contribution in [1.29, 1.82) is 0 Å². The molecule has 0 bridgehead atoms. The average Bonchev–Trinajstić information content (AvgIpc) is 2.73. The molecule has 208 valence electrons. The second-order valence-electron chi connectivity index (χ2n) is 11.8. The third kappa shape index (κ3) is 18.8. The van der Waals surface area contributed by atoms with Crippen LogP contribution in [0.15, 0.2) is 0 Å². The van der Waals surface area contributed by atoms with Crippen molar-refractivity contribution >= 4 is 11.9 Å². The summed E-state index contributed by atoms with van der Waals surface area (Å²) >= 11 is 0. The summed E-state index contributed by atoms with van der Waals surface area (Å²) in [6.45, 7) is 16.5. The van der Waals surface area contributed by atoms with E-state index >= 15 is 0 Å². The van der Waals surface area contributed by atoms with E-state index < -0.39 is 0 Å². The van der Waals surface area contributed by atoms with Gasteiger partial charge in [-0.3, -0.25) is 9.59 Å². The van der Waals surface area contributed by atoms with Crippen LogP contribution in [0.5, 0.6) is 0 Å². The van der Waals surface area contributed by atoms with Crippen LogP contribution in [0.25, 0.3) is 0 Å². The summed E-state index contributed by atoms with van der Waals surface area (Å²) in [6.07, 6.45) is 18.2. The summed E-state index contributed by atoms with van der Waals surface area (Å²) in [4.78, 5) is 24.2. The fourth-order valence-electron chi connectivity index (χ4n) is 5.10. The van der Waals surface area contributed by atoms with Crippen molar-refractivity contribution in [3.05, 3.63) is 0 Å². The quantitative estimate of drug-likeness (QED) is 0.111. The zero-order valence-electron chi connectivity index (χ0n) is 24.7. The molecular weight excluding hydrogens is 436 g/mol. The van der Waals surface area contributed by atoms with E-state index in [-0.39, 0.29) is 30.1 Å². The molecule has 0 aromatic rings. The molecule has 0 spiro atoms. The summed E-state index contributed by atoms with van der Waals surface area (Å²) in [5.41, 5.74) is 0. The highest BCUT2D eigenvalue weighted by atomic mass is 16.5. The van der Waals surface area contributed by atoms with Gasteiger partial charge in [0.05, 0.1) is 18.1 Å². The molecule has 35 heavy (non-hydrogen) atoms. The maximum atomic E-state index is 12.7. The van der Waals surface area contributed by atoms with Crippen LogP contribution in [0, 0.1) is 23.7 Å². The molecule has 0 saturated heterocycles. The zero-order chi connectivity index (χ0) is 26.6. The van der Waals surface area contributed by atoms with Crippen molar-refractivity contribution in [1.82, 2.24) is 0 Å². The Hall–Kier alpha value is -1.06. The Labute approximate surface area is 218 Å². The van der Waals surface area contributed by atoms with Gasteiger partial charge >= 0.3 is 11.9 Å². The lowest BCUT2D eigenvalue weighted by molar-refractivity contribution is -0.157. The Balaban J connectivity index is 3.78. The number of rotatable bonds is 22. The molecule has 0 amide bonds. The smallest absolute Gasteiger partial charge is 0.309 e. The van der Waals surface area contributed by atoms with E-state index in [1.807, 2.05) is 27.7 Å². The van der Waals surface area contributed by atoms with Crippen LogP contribution in [0.4, 0.5) is 0 Å². The monoisotopic (exact) mass is 496 g/mol. The van der Waals surface area contributed by atoms with Gasteiger partial charge in [0.15, 0.2) is 0 Å². The first-order chi connectivity index (χ1) is 16.6. The third-order valence-corrected chi connectivity index (χ3v) is 6.95. The van der Waals surface area contributed by atoms with Gasteiger partial charge in [-0.05, 0) is 58.3 Å². The minimum absolute atomic E-state index is 0.0000366. The first kappa shape index (κ1) is 33.9. The van der Waals surface area contributed by atoms with E-state index in [0.29, 0.717) is 24.2 Å². The molecule has 0 heterocycles. The fourth-order valence-corrected chi connectivity index (χ4v) is 5.10. The Morgan fingerprint density at radius 2 is 0.914 bits per heavy atom. The van der Waals surface area contributed by atoms with Crippen LogP contribution in [-0.4, -0.2) is 24.1 Å². The second kappa shape index (κ2) is 21.1. The molecule has 4 nitrogen and oxygen atoms in total. The van der Waals surface area contributed by atoms with E-state index in [1.54, 1.807) is 0 Å². The normalized spacial score (nSPS) is 13.6. The molecule has 0 aliphatic heterocycles. The maximum absolute atomic E-state index is 12.7. The van der Waals surface area contributed by atoms with Gasteiger partial charge < -0.3 is 9.47 Å². The second-order valence-corrected chi connectivity index (χ2v) is 11.8. The van der Waals surface area contributed by atoms with Gasteiger partial charge in [0, 0.05) is 6.42 Å². The van der Waals surface area contributed by atoms with Gasteiger partial charge in [0.1, 0.15) is 0 Å². The first-order valence-corrected chi connectivity index (χ1v) is 15.0. The Morgan fingerprint density at radius 3 is 1.29 bits per heavy atom. The number of hydrogen-bond donors (Lipinski definition) is 0. The lowest BCUT2D eigenvalue weighted by Crippen LogP contribution is -2.34. The van der Waals surface area contributed by atoms with E-state index in [0.717, 1.165) is 19.3 Å². The molecule has 0 aromatic carbocycles. The van der Waals surface area contributed by atoms with Crippen LogP contribution >= 0.6 is 0 Å². The van der Waals surface area contributed by atoms with Gasteiger partial charge in [-0.1, -0.05) is 105 Å². The summed E-state index contributed by atoms with van der Waals surface area (Å²) in [7, 11) is 0. The summed E-state index contributed by atoms with van der Waals surface area (Å²) in [6, 6.07) is 0. The van der Waals surface area contributed by atoms with E-state index in [1.165, 1.54) is 70.6 Å². The molecule has 2 unspecified atom stereocenters. The van der Waals surface area contributed by atoms with Gasteiger partial charge in [-0.15, -0.1) is 0 Å². The molecule has 0 radical (unpaired) electrons. The van der Waals surface area contributed by atoms with Crippen molar-refractivity contribution in [2.45, 2.75) is 164 Å². The number of unbranched alkanes of at least 4 members (excludes halogenated alkanes) is 12. The average molecular weight is 497 g/mol. The summed E-state index contributed by atoms with van der Waals surface area (Å²) in [5.74, 6) is 1.20. The third-order valence-electron chi connectivity index (χ3n) is 6.95. The molecule has 2 atom stereocenters. The fraction of sp³-hybridized carbons (Fsp3) is 0.935. The van der Waals surface area contributed by atoms with Crippen LogP contribution in [0.1, 0.15) is 152 Å². The van der Waals surface area contributed by atoms with Gasteiger partial charge in [-0.2, -0.15) is 0 Å². The van der Waals surface area contributed by atoms with Crippen LogP contribution < -0.4 is 0 Å². The van der Waals surface area contributed by atoms with Crippen molar-refractivity contribution in [3.63, 3.8) is 0 Å². The Kier molecular flexibility index (Phi) is 20.4. The molecule has 0 aliphatic carbocycles. The summed E-state index contributed by atoms with van der Waals surface area (Å²) in [5, 5.41) is 0. The predicted octanol–water partition coefficient (Wildman–Crippen LogP) is 9.29. The van der Waals surface area contributed by atoms with Crippen molar-refractivity contribution in [2.24, 2.45) is 23.7 Å². The minimum atomic E-state index is -0.0502. The highest BCUT2D eigenvalue weighted by Gasteiger charge is 2.34. The van der Waals surface area contributed by atoms with Gasteiger partial charge in [-0.25, -0.2) is 0 Å². The number of esters is 2. The van der Waals surface area contributed by atoms with Crippen molar-refractivity contribution < 1.29 is 19.1 Å². The maximum Gasteiger partial charge on any atom is 0.309 e. The van der Waals surface area contributed by atoms with E-state index in [4.69, 9.17) is 9.47 Å². The topological polar surface area (TPSA) is 52.6 Å². The molecule has 0 aliphatic rings. The summed E-state index contributed by atoms with van der Waals surface area (Å²) < 4.78 is 10.8. The largest absolute Gasteiger partial charge is 0.463 e. The molecule has 0 saturated carbocycles. The number of hydrogen-bond acceptors (Lipinski definition) is 4. The van der Waals surface area contributed by atoms with Crippen LogP contribution in [0.2, 0.25) is 0 Å². The van der Waals surface area contributed by atoms with Gasteiger partial charge in [0.25, 0.3) is 0 Å². The van der Waals surface area contributed by atoms with E-state index in [9.17, 15) is 9.59 Å². The Bertz CT molecular complexity index is 524. The SMILES string of the molecule is CC(C)OC(=O)CCCCCCCCCCCCCCCC(C(C)C)C(C(=O)OC(C)C)C(C)C. The molecule has 0 N–H and O–H groups in total. The number of carbonyl (C=O) groups excluding carboxylic acids is 2. The Morgan fingerprint density at radius 1 is 0.514 bits per heavy atom. The molecule has 0 fully saturated rings. The number of ether oxygens (including phenoxy) is 2. The van der Waals surface area contributed by atoms with Crippen molar-refractivity contribution in [3.8, 4) is 0 Å². The van der Waals surface area contributed by atoms with Crippen molar-refractivity contribution in [2.75, 3.05) is 0 Å². The minimum Gasteiger partial charge on any atom is -0.463 e. The molecule has 4 heteroatoms. The number of carbonyl (C=O) groups is 2. The predicted molar refractivity (Wildman–Crippen MR) is 148 cm³/mol. The highest BCUT2D eigenvalue weighted by molar-refractivity contribution is 5.73. The van der Waals surface area contributed by atoms with Crippen LogP contribution in [0.3, 0.4) is 0 Å². The van der Waals surface area contributed by atoms with E-state index in [2.05, 4.69) is 27.7 Å². The first-order valence-electron chi connectivity index (χ1n) is 15.0. The highest BCUT2D eigenvalue weighted by Crippen LogP contribution is 2.33. The zero-order valence-corrected chi connectivity index (χ0v) is 24.7.